The lowest BCUT2D eigenvalue weighted by Gasteiger charge is -2.57. The number of quaternary nitrogens is 1. The van der Waals surface area contributed by atoms with E-state index in [4.69, 9.17) is 0 Å². The molecule has 0 aromatic carbocycles. The number of nitrogens with one attached hydrogen (secondary N) is 2. The third-order valence-corrected chi connectivity index (χ3v) is 7.67. The van der Waals surface area contributed by atoms with Crippen LogP contribution in [0.5, 0.6) is 0 Å². The third kappa shape index (κ3) is 3.33. The van der Waals surface area contributed by atoms with Crippen LogP contribution in [0.15, 0.2) is 18.5 Å². The third-order valence-electron chi connectivity index (χ3n) is 7.67. The molecule has 146 valence electrons. The summed E-state index contributed by atoms with van der Waals surface area (Å²) in [5.74, 6) is 3.69. The lowest BCUT2D eigenvalue weighted by atomic mass is 9.53. The molecule has 0 unspecified atom stereocenters. The van der Waals surface area contributed by atoms with Gasteiger partial charge in [-0.15, -0.1) is 0 Å². The topological polar surface area (TPSA) is 62.6 Å². The van der Waals surface area contributed by atoms with Crippen LogP contribution in [0.4, 0.5) is 5.95 Å². The summed E-state index contributed by atoms with van der Waals surface area (Å²) >= 11 is 0. The molecule has 2 heterocycles. The minimum absolute atomic E-state index is 0.0249. The van der Waals surface area contributed by atoms with Crippen LogP contribution in [-0.2, 0) is 4.79 Å². The van der Waals surface area contributed by atoms with Crippen LogP contribution in [0.25, 0.3) is 0 Å². The molecule has 1 amide bonds. The first kappa shape index (κ1) is 17.4. The van der Waals surface area contributed by atoms with E-state index in [1.165, 1.54) is 43.4 Å². The summed E-state index contributed by atoms with van der Waals surface area (Å²) < 4.78 is 0. The van der Waals surface area contributed by atoms with Gasteiger partial charge in [-0.1, -0.05) is 0 Å². The van der Waals surface area contributed by atoms with Gasteiger partial charge in [0.25, 0.3) is 5.91 Å². The second kappa shape index (κ2) is 6.73. The Morgan fingerprint density at radius 1 is 1.11 bits per heavy atom. The van der Waals surface area contributed by atoms with E-state index in [1.807, 2.05) is 6.07 Å². The minimum atomic E-state index is 0.0249. The summed E-state index contributed by atoms with van der Waals surface area (Å²) in [4.78, 5) is 25.4. The average molecular weight is 371 g/mol. The largest absolute Gasteiger partial charge is 0.345 e. The molecule has 1 saturated heterocycles. The summed E-state index contributed by atoms with van der Waals surface area (Å²) in [6, 6.07) is 1.87. The predicted octanol–water partition coefficient (Wildman–Crippen LogP) is 0.655. The molecule has 6 heteroatoms. The van der Waals surface area contributed by atoms with Gasteiger partial charge in [0.1, 0.15) is 0 Å². The van der Waals surface area contributed by atoms with Crippen molar-refractivity contribution in [2.24, 2.45) is 17.8 Å². The zero-order valence-electron chi connectivity index (χ0n) is 16.4. The highest BCUT2D eigenvalue weighted by atomic mass is 16.2. The predicted molar refractivity (Wildman–Crippen MR) is 103 cm³/mol. The van der Waals surface area contributed by atoms with Gasteiger partial charge in [-0.3, -0.25) is 4.79 Å². The van der Waals surface area contributed by atoms with Crippen LogP contribution in [0.3, 0.4) is 0 Å². The number of hydrogen-bond donors (Lipinski definition) is 2. The van der Waals surface area contributed by atoms with Crippen LogP contribution in [0, 0.1) is 17.8 Å². The molecule has 0 spiro atoms. The fourth-order valence-electron chi connectivity index (χ4n) is 6.70. The highest BCUT2D eigenvalue weighted by Gasteiger charge is 2.52. The molecule has 5 aliphatic rings. The molecule has 0 radical (unpaired) electrons. The van der Waals surface area contributed by atoms with E-state index >= 15 is 0 Å². The summed E-state index contributed by atoms with van der Waals surface area (Å²) in [5, 5.41) is 3.57. The molecule has 1 aromatic rings. The van der Waals surface area contributed by atoms with Crippen LogP contribution in [0.2, 0.25) is 0 Å². The van der Waals surface area contributed by atoms with E-state index in [-0.39, 0.29) is 17.5 Å². The van der Waals surface area contributed by atoms with Gasteiger partial charge in [0.2, 0.25) is 5.95 Å². The maximum absolute atomic E-state index is 13.1. The molecule has 6 nitrogen and oxygen atoms in total. The quantitative estimate of drug-likeness (QED) is 0.817. The van der Waals surface area contributed by atoms with Crippen LogP contribution in [0.1, 0.15) is 45.4 Å². The Kier molecular flexibility index (Phi) is 4.34. The molecule has 4 bridgehead atoms. The molecule has 4 aliphatic carbocycles. The normalized spacial score (nSPS) is 36.6. The first-order chi connectivity index (χ1) is 13.1. The molecule has 5 fully saturated rings. The molecule has 6 rings (SSSR count). The zero-order chi connectivity index (χ0) is 18.4. The molecular formula is C21H32N5O+. The van der Waals surface area contributed by atoms with Gasteiger partial charge in [-0.25, -0.2) is 9.97 Å². The smallest absolute Gasteiger partial charge is 0.278 e. The number of carbonyl (C=O) groups is 1. The lowest BCUT2D eigenvalue weighted by molar-refractivity contribution is -0.914. The monoisotopic (exact) mass is 370 g/mol. The van der Waals surface area contributed by atoms with Crippen molar-refractivity contribution >= 4 is 11.9 Å². The molecule has 27 heavy (non-hydrogen) atoms. The Morgan fingerprint density at radius 3 is 2.22 bits per heavy atom. The maximum atomic E-state index is 13.1. The van der Waals surface area contributed by atoms with Gasteiger partial charge in [-0.2, -0.15) is 0 Å². The Balaban J connectivity index is 1.18. The van der Waals surface area contributed by atoms with Crippen LogP contribution in [-0.4, -0.2) is 53.6 Å². The summed E-state index contributed by atoms with van der Waals surface area (Å²) in [7, 11) is 0. The SMILES string of the molecule is C[C@H](C(=O)NC12CC3CC(CC(C3)C1)C2)[NH+]1CCN(c2ncccn2)CC1. The summed E-state index contributed by atoms with van der Waals surface area (Å²) in [6.07, 6.45) is 11.5. The molecule has 1 aliphatic heterocycles. The van der Waals surface area contributed by atoms with E-state index < -0.39 is 0 Å². The second-order valence-corrected chi connectivity index (χ2v) is 9.60. The van der Waals surface area contributed by atoms with Crippen molar-refractivity contribution in [2.45, 2.75) is 57.0 Å². The van der Waals surface area contributed by atoms with Crippen molar-refractivity contribution < 1.29 is 9.69 Å². The van der Waals surface area contributed by atoms with Gasteiger partial charge in [0, 0.05) is 17.9 Å². The minimum Gasteiger partial charge on any atom is -0.345 e. The fraction of sp³-hybridized carbons (Fsp3) is 0.762. The number of piperazine rings is 1. The number of rotatable bonds is 4. The van der Waals surface area contributed by atoms with Gasteiger partial charge in [0.05, 0.1) is 26.2 Å². The van der Waals surface area contributed by atoms with Crippen LogP contribution < -0.4 is 15.1 Å². The summed E-state index contributed by atoms with van der Waals surface area (Å²) in [6.45, 7) is 5.87. The Labute approximate surface area is 161 Å². The number of nitrogens with zero attached hydrogens (tertiary/aromatic N) is 3. The summed E-state index contributed by atoms with van der Waals surface area (Å²) in [5.41, 5.74) is 0.124. The first-order valence-corrected chi connectivity index (χ1v) is 10.8. The number of anilines is 1. The Hall–Kier alpha value is -1.69. The highest BCUT2D eigenvalue weighted by molar-refractivity contribution is 5.80. The Morgan fingerprint density at radius 2 is 1.67 bits per heavy atom. The van der Waals surface area contributed by atoms with Crippen LogP contribution >= 0.6 is 0 Å². The second-order valence-electron chi connectivity index (χ2n) is 9.60. The molecule has 2 N–H and O–H groups in total. The zero-order valence-corrected chi connectivity index (χ0v) is 16.4. The standard InChI is InChI=1S/C21H31N5O/c1-15(25-5-7-26(8-6-25)20-22-3-2-4-23-20)19(27)24-21-12-16-9-17(13-21)11-18(10-16)14-21/h2-4,15-18H,5-14H2,1H3,(H,24,27)/p+1/t15-,16?,17?,18?,21?/m1/s1. The van der Waals surface area contributed by atoms with Crippen molar-refractivity contribution in [3.05, 3.63) is 18.5 Å². The van der Waals surface area contributed by atoms with Crippen molar-refractivity contribution in [1.29, 1.82) is 0 Å². The number of carbonyl (C=O) groups excluding carboxylic acids is 1. The van der Waals surface area contributed by atoms with Gasteiger partial charge < -0.3 is 15.1 Å². The lowest BCUT2D eigenvalue weighted by Crippen LogP contribution is -3.19. The highest BCUT2D eigenvalue weighted by Crippen LogP contribution is 2.55. The van der Waals surface area contributed by atoms with Gasteiger partial charge >= 0.3 is 0 Å². The number of hydrogen-bond acceptors (Lipinski definition) is 4. The van der Waals surface area contributed by atoms with Gasteiger partial charge in [0.15, 0.2) is 6.04 Å². The average Bonchev–Trinajstić information content (AvgIpc) is 2.67. The van der Waals surface area contributed by atoms with Crippen molar-refractivity contribution in [2.75, 3.05) is 31.1 Å². The van der Waals surface area contributed by atoms with E-state index in [0.29, 0.717) is 0 Å². The van der Waals surface area contributed by atoms with Gasteiger partial charge in [-0.05, 0) is 69.3 Å². The van der Waals surface area contributed by atoms with Crippen molar-refractivity contribution in [1.82, 2.24) is 15.3 Å². The number of aromatic nitrogens is 2. The Bertz CT molecular complexity index is 650. The first-order valence-electron chi connectivity index (χ1n) is 10.8. The molecular weight excluding hydrogens is 338 g/mol. The molecule has 4 saturated carbocycles. The van der Waals surface area contributed by atoms with Crippen molar-refractivity contribution in [3.63, 3.8) is 0 Å². The van der Waals surface area contributed by atoms with E-state index in [9.17, 15) is 4.79 Å². The van der Waals surface area contributed by atoms with Crippen molar-refractivity contribution in [3.8, 4) is 0 Å². The maximum Gasteiger partial charge on any atom is 0.278 e. The van der Waals surface area contributed by atoms with E-state index in [2.05, 4.69) is 27.1 Å². The number of amides is 1. The van der Waals surface area contributed by atoms with E-state index in [0.717, 1.165) is 49.9 Å². The molecule has 1 aromatic heterocycles. The molecule has 1 atom stereocenters. The van der Waals surface area contributed by atoms with E-state index in [1.54, 1.807) is 12.4 Å². The fourth-order valence-corrected chi connectivity index (χ4v) is 6.70.